The fourth-order valence-corrected chi connectivity index (χ4v) is 2.34. The predicted molar refractivity (Wildman–Crippen MR) is 88.3 cm³/mol. The molecule has 0 aliphatic heterocycles. The van der Waals surface area contributed by atoms with Gasteiger partial charge in [0.25, 0.3) is 5.91 Å². The third-order valence-electron chi connectivity index (χ3n) is 3.56. The Labute approximate surface area is 134 Å². The van der Waals surface area contributed by atoms with Crippen LogP contribution >= 0.6 is 0 Å². The van der Waals surface area contributed by atoms with Gasteiger partial charge < -0.3 is 9.84 Å². The number of benzene rings is 2. The van der Waals surface area contributed by atoms with E-state index in [0.717, 1.165) is 16.8 Å². The van der Waals surface area contributed by atoms with Crippen molar-refractivity contribution in [2.45, 2.75) is 20.8 Å². The molecule has 23 heavy (non-hydrogen) atoms. The summed E-state index contributed by atoms with van der Waals surface area (Å²) in [5.41, 5.74) is 4.41. The Kier molecular flexibility index (Phi) is 3.93. The number of aromatic nitrogens is 2. The second-order valence-electron chi connectivity index (χ2n) is 5.49. The normalized spacial score (nSPS) is 10.6. The minimum atomic E-state index is -0.146. The van der Waals surface area contributed by atoms with Crippen molar-refractivity contribution in [1.82, 2.24) is 10.1 Å². The minimum Gasteiger partial charge on any atom is -0.339 e. The summed E-state index contributed by atoms with van der Waals surface area (Å²) in [5.74, 6) is 0.883. The fraction of sp³-hybridized carbons (Fsp3) is 0.167. The summed E-state index contributed by atoms with van der Waals surface area (Å²) >= 11 is 0. The van der Waals surface area contributed by atoms with Crippen LogP contribution in [0.3, 0.4) is 0 Å². The molecule has 0 fully saturated rings. The van der Waals surface area contributed by atoms with Gasteiger partial charge in [-0.1, -0.05) is 35.0 Å². The Morgan fingerprint density at radius 3 is 2.39 bits per heavy atom. The molecule has 2 aromatic carbocycles. The molecule has 116 valence electrons. The first kappa shape index (κ1) is 15.0. The summed E-state index contributed by atoms with van der Waals surface area (Å²) < 4.78 is 4.96. The Morgan fingerprint density at radius 2 is 1.78 bits per heavy atom. The quantitative estimate of drug-likeness (QED) is 0.796. The van der Waals surface area contributed by atoms with Gasteiger partial charge in [-0.15, -0.1) is 0 Å². The smallest absolute Gasteiger partial charge is 0.255 e. The SMILES string of the molecule is Cc1ccc(NC(=O)c2ccc(-c3noc(C)n3)cc2)c(C)c1. The van der Waals surface area contributed by atoms with E-state index in [-0.39, 0.29) is 5.91 Å². The summed E-state index contributed by atoms with van der Waals surface area (Å²) in [6, 6.07) is 13.0. The lowest BCUT2D eigenvalue weighted by Gasteiger charge is -2.09. The van der Waals surface area contributed by atoms with Gasteiger partial charge in [-0.2, -0.15) is 4.98 Å². The van der Waals surface area contributed by atoms with Gasteiger partial charge in [-0.3, -0.25) is 4.79 Å². The van der Waals surface area contributed by atoms with E-state index in [4.69, 9.17) is 4.52 Å². The molecular weight excluding hydrogens is 290 g/mol. The number of anilines is 1. The number of rotatable bonds is 3. The van der Waals surface area contributed by atoms with Gasteiger partial charge in [0.05, 0.1) is 0 Å². The van der Waals surface area contributed by atoms with E-state index in [0.29, 0.717) is 17.3 Å². The van der Waals surface area contributed by atoms with E-state index in [1.54, 1.807) is 31.2 Å². The Hall–Kier alpha value is -2.95. The summed E-state index contributed by atoms with van der Waals surface area (Å²) in [4.78, 5) is 16.5. The number of amides is 1. The standard InChI is InChI=1S/C18H17N3O2/c1-11-4-9-16(12(2)10-11)20-18(22)15-7-5-14(6-8-15)17-19-13(3)23-21-17/h4-10H,1-3H3,(H,20,22). The average Bonchev–Trinajstić information content (AvgIpc) is 2.97. The zero-order chi connectivity index (χ0) is 16.4. The summed E-state index contributed by atoms with van der Waals surface area (Å²) in [7, 11) is 0. The van der Waals surface area contributed by atoms with E-state index in [2.05, 4.69) is 15.5 Å². The van der Waals surface area contributed by atoms with Crippen molar-refractivity contribution in [3.8, 4) is 11.4 Å². The Morgan fingerprint density at radius 1 is 1.04 bits per heavy atom. The van der Waals surface area contributed by atoms with Crippen LogP contribution in [0.5, 0.6) is 0 Å². The van der Waals surface area contributed by atoms with Crippen LogP contribution in [0.2, 0.25) is 0 Å². The third-order valence-corrected chi connectivity index (χ3v) is 3.56. The second-order valence-corrected chi connectivity index (χ2v) is 5.49. The molecule has 0 bridgehead atoms. The minimum absolute atomic E-state index is 0.146. The molecule has 0 atom stereocenters. The lowest BCUT2D eigenvalue weighted by Crippen LogP contribution is -2.12. The maximum atomic E-state index is 12.3. The van der Waals surface area contributed by atoms with Crippen LogP contribution in [-0.2, 0) is 0 Å². The molecule has 1 aromatic heterocycles. The molecule has 0 saturated carbocycles. The molecule has 1 heterocycles. The topological polar surface area (TPSA) is 68.0 Å². The summed E-state index contributed by atoms with van der Waals surface area (Å²) in [6.45, 7) is 5.74. The van der Waals surface area contributed by atoms with Crippen LogP contribution in [0.25, 0.3) is 11.4 Å². The van der Waals surface area contributed by atoms with Gasteiger partial charge in [0.1, 0.15) is 0 Å². The highest BCUT2D eigenvalue weighted by Crippen LogP contribution is 2.19. The number of hydrogen-bond acceptors (Lipinski definition) is 4. The maximum absolute atomic E-state index is 12.3. The van der Waals surface area contributed by atoms with Crippen molar-refractivity contribution in [2.24, 2.45) is 0 Å². The van der Waals surface area contributed by atoms with Crippen molar-refractivity contribution in [3.63, 3.8) is 0 Å². The van der Waals surface area contributed by atoms with E-state index in [1.807, 2.05) is 32.0 Å². The first-order valence-corrected chi connectivity index (χ1v) is 7.32. The number of nitrogens with one attached hydrogen (secondary N) is 1. The van der Waals surface area contributed by atoms with Gasteiger partial charge >= 0.3 is 0 Å². The van der Waals surface area contributed by atoms with Crippen molar-refractivity contribution < 1.29 is 9.32 Å². The highest BCUT2D eigenvalue weighted by molar-refractivity contribution is 6.04. The van der Waals surface area contributed by atoms with Crippen LogP contribution in [-0.4, -0.2) is 16.0 Å². The van der Waals surface area contributed by atoms with Crippen molar-refractivity contribution >= 4 is 11.6 Å². The number of carbonyl (C=O) groups is 1. The van der Waals surface area contributed by atoms with Crippen LogP contribution < -0.4 is 5.32 Å². The first-order valence-electron chi connectivity index (χ1n) is 7.32. The Bertz CT molecular complexity index is 851. The zero-order valence-corrected chi connectivity index (χ0v) is 13.3. The van der Waals surface area contributed by atoms with Gasteiger partial charge in [0.15, 0.2) is 0 Å². The molecule has 3 rings (SSSR count). The van der Waals surface area contributed by atoms with Gasteiger partial charge in [-0.25, -0.2) is 0 Å². The Balaban J connectivity index is 1.77. The number of hydrogen-bond donors (Lipinski definition) is 1. The maximum Gasteiger partial charge on any atom is 0.255 e. The number of nitrogens with zero attached hydrogens (tertiary/aromatic N) is 2. The molecule has 1 amide bonds. The van der Waals surface area contributed by atoms with Gasteiger partial charge in [-0.05, 0) is 37.6 Å². The fourth-order valence-electron chi connectivity index (χ4n) is 2.34. The average molecular weight is 307 g/mol. The van der Waals surface area contributed by atoms with Gasteiger partial charge in [0, 0.05) is 23.7 Å². The number of aryl methyl sites for hydroxylation is 3. The molecule has 0 radical (unpaired) electrons. The molecule has 0 aliphatic carbocycles. The molecule has 5 nitrogen and oxygen atoms in total. The molecule has 1 N–H and O–H groups in total. The largest absolute Gasteiger partial charge is 0.339 e. The summed E-state index contributed by atoms with van der Waals surface area (Å²) in [6.07, 6.45) is 0. The van der Waals surface area contributed by atoms with Crippen LogP contribution in [0, 0.1) is 20.8 Å². The molecular formula is C18H17N3O2. The molecule has 3 aromatic rings. The number of carbonyl (C=O) groups excluding carboxylic acids is 1. The van der Waals surface area contributed by atoms with E-state index in [9.17, 15) is 4.79 Å². The predicted octanol–water partition coefficient (Wildman–Crippen LogP) is 3.91. The van der Waals surface area contributed by atoms with Crippen molar-refractivity contribution in [1.29, 1.82) is 0 Å². The summed E-state index contributed by atoms with van der Waals surface area (Å²) in [5, 5.41) is 6.79. The second kappa shape index (κ2) is 6.04. The molecule has 0 aliphatic rings. The highest BCUT2D eigenvalue weighted by atomic mass is 16.5. The van der Waals surface area contributed by atoms with E-state index in [1.165, 1.54) is 5.56 Å². The van der Waals surface area contributed by atoms with Crippen molar-refractivity contribution in [2.75, 3.05) is 5.32 Å². The lowest BCUT2D eigenvalue weighted by molar-refractivity contribution is 0.102. The molecule has 0 saturated heterocycles. The van der Waals surface area contributed by atoms with Crippen molar-refractivity contribution in [3.05, 3.63) is 65.0 Å². The monoisotopic (exact) mass is 307 g/mol. The molecule has 0 unspecified atom stereocenters. The van der Waals surface area contributed by atoms with Gasteiger partial charge in [0.2, 0.25) is 11.7 Å². The van der Waals surface area contributed by atoms with E-state index < -0.39 is 0 Å². The molecule has 5 heteroatoms. The zero-order valence-electron chi connectivity index (χ0n) is 13.3. The van der Waals surface area contributed by atoms with Crippen LogP contribution in [0.15, 0.2) is 47.0 Å². The lowest BCUT2D eigenvalue weighted by atomic mass is 10.1. The third kappa shape index (κ3) is 3.29. The van der Waals surface area contributed by atoms with Crippen LogP contribution in [0.1, 0.15) is 27.4 Å². The molecule has 0 spiro atoms. The van der Waals surface area contributed by atoms with Crippen LogP contribution in [0.4, 0.5) is 5.69 Å². The first-order chi connectivity index (χ1) is 11.0. The van der Waals surface area contributed by atoms with E-state index >= 15 is 0 Å². The highest BCUT2D eigenvalue weighted by Gasteiger charge is 2.10.